The second-order valence-electron chi connectivity index (χ2n) is 23.1. The Balaban J connectivity index is 0.000000164. The fraction of sp³-hybridized carbons (Fsp3) is 0.203. The predicted octanol–water partition coefficient (Wildman–Crippen LogP) is 22.1. The van der Waals surface area contributed by atoms with Crippen LogP contribution in [0.1, 0.15) is 89.0 Å². The van der Waals surface area contributed by atoms with Crippen molar-refractivity contribution in [2.75, 3.05) is 45.8 Å². The Bertz CT molecular complexity index is 3740. The van der Waals surface area contributed by atoms with Crippen LogP contribution in [0.3, 0.4) is 0 Å². The number of aryl methyl sites for hydroxylation is 12. The topological polar surface area (TPSA) is 51.6 Å². The van der Waals surface area contributed by atoms with Gasteiger partial charge < -0.3 is 19.6 Å². The quantitative estimate of drug-likeness (QED) is 0.121. The molecule has 94 heavy (non-hydrogen) atoms. The number of aromatic nitrogens is 3. The molecule has 0 unspecified atom stereocenters. The van der Waals surface area contributed by atoms with Gasteiger partial charge in [0.1, 0.15) is 0 Å². The van der Waals surface area contributed by atoms with Crippen molar-refractivity contribution in [2.24, 2.45) is 0 Å². The number of hydrogen-bond donors (Lipinski definition) is 0. The molecule has 0 spiro atoms. The Morgan fingerprint density at radius 2 is 0.702 bits per heavy atom. The summed E-state index contributed by atoms with van der Waals surface area (Å²) in [6.07, 6.45) is 12.6. The molecule has 15 heteroatoms. The summed E-state index contributed by atoms with van der Waals surface area (Å²) >= 11 is 3.00. The van der Waals surface area contributed by atoms with Crippen molar-refractivity contribution in [3.8, 4) is 0 Å². The first-order valence-electron chi connectivity index (χ1n) is 30.7. The van der Waals surface area contributed by atoms with Gasteiger partial charge in [-0.15, -0.1) is 0 Å². The molecule has 2 aliphatic heterocycles. The first-order valence-corrected chi connectivity index (χ1v) is 43.2. The Morgan fingerprint density at radius 1 is 0.383 bits per heavy atom. The summed E-state index contributed by atoms with van der Waals surface area (Å²) < 4.78 is 5.09. The van der Waals surface area contributed by atoms with Crippen molar-refractivity contribution in [1.82, 2.24) is 15.0 Å². The molecule has 0 bridgehead atoms. The molecular weight excluding hydrogens is 1550 g/mol. The maximum atomic E-state index is 6.19. The molecule has 2 fully saturated rings. The van der Waals surface area contributed by atoms with Crippen LogP contribution in [0.15, 0.2) is 228 Å². The summed E-state index contributed by atoms with van der Waals surface area (Å²) in [5.74, 6) is 0. The summed E-state index contributed by atoms with van der Waals surface area (Å²) in [5, 5.41) is 0. The van der Waals surface area contributed by atoms with Crippen molar-refractivity contribution in [3.05, 3.63) is 330 Å². The van der Waals surface area contributed by atoms with E-state index in [1.807, 2.05) is 102 Å². The van der Waals surface area contributed by atoms with Crippen molar-refractivity contribution >= 4 is 108 Å². The van der Waals surface area contributed by atoms with E-state index in [0.717, 1.165) is 44.8 Å². The average Bonchev–Trinajstić information content (AvgIpc) is 1.61. The number of fused-ring (bicyclic) bond motifs is 1. The molecule has 5 heterocycles. The van der Waals surface area contributed by atoms with Crippen LogP contribution in [0.4, 0.5) is 22.7 Å². The van der Waals surface area contributed by atoms with E-state index in [1.54, 1.807) is 37.2 Å². The number of hydrogen-bond acceptors (Lipinski definition) is 7. The summed E-state index contributed by atoms with van der Waals surface area (Å²) in [5.41, 5.74) is 27.7. The third-order valence-corrected chi connectivity index (χ3v) is 21.1. The van der Waals surface area contributed by atoms with Crippen LogP contribution >= 0.6 is 70.6 Å². The van der Waals surface area contributed by atoms with Gasteiger partial charge in [-0.25, -0.2) is 0 Å². The normalized spacial score (nSPS) is 12.9. The molecule has 7 nitrogen and oxygen atoms in total. The minimum atomic E-state index is -1.88. The number of nitrogens with zero attached hydrogens (tertiary/aromatic N) is 7. The number of halogens is 6. The standard InChI is InChI=1S/2C21H27N2.C15H10.C7H6.2C5H4BrN.C5H5N.4ClH.2Ru/c2*1-14-9-16(3)20(17(4)10-14)22-7-8-23(13-22)21-18(5)11-15(2)12-19(21)6;1-2-6-12(7-3-1)15-11-10-13-8-4-5-9-14(13)15;1-7-5-3-2-4-6-7;2*6-5-2-1-3-7-4-5;1-2-4-6-5-3-1;;;;;;/h2*9-13H,7-8H2,1-6H3;1-9,11H;1-6H;2*1-4H;1-5H;4*1H;;/q2*-1;;;;;;;;;;2*+2/p-4. The molecule has 494 valence electrons. The molecule has 13 rings (SSSR count). The summed E-state index contributed by atoms with van der Waals surface area (Å²) in [6, 6.07) is 60.1. The summed E-state index contributed by atoms with van der Waals surface area (Å²) in [6.45, 7) is 35.1. The minimum absolute atomic E-state index is 1.02. The molecule has 0 N–H and O–H groups in total. The molecule has 2 saturated heterocycles. The largest absolute Gasteiger partial charge is 0.265 e. The fourth-order valence-corrected chi connectivity index (χ4v) is 16.8. The SMILES string of the molecule is Brc1cccnc1.Brc1cccnc1.Cc1cc(C)c(N2[CH-]N(c3c(C)cc(C)cc3C)CC2)c(C)c1.Cc1cc(C)c(N2[CH-]N(c3c(C)cc(C)cc3C)CC2)c(C)c1.[Cl][Ru]([Cl])=[CH]c1ccccc1.[Cl][Ru]([Cl])=[C]1C=C(c2ccccc2)c2ccccc21.c1ccncc1. The Kier molecular flexibility index (Phi) is 30.6. The van der Waals surface area contributed by atoms with Crippen LogP contribution in [0, 0.1) is 96.4 Å². The first kappa shape index (κ1) is 75.4. The van der Waals surface area contributed by atoms with E-state index in [0.29, 0.717) is 0 Å². The zero-order chi connectivity index (χ0) is 67.8. The van der Waals surface area contributed by atoms with Crippen molar-refractivity contribution in [2.45, 2.75) is 83.1 Å². The van der Waals surface area contributed by atoms with E-state index in [1.165, 1.54) is 112 Å². The van der Waals surface area contributed by atoms with Gasteiger partial charge in [0, 0.05) is 95.1 Å². The zero-order valence-corrected chi connectivity index (χ0v) is 65.1. The van der Waals surface area contributed by atoms with Crippen LogP contribution in [0.25, 0.3) is 5.57 Å². The number of pyridine rings is 3. The maximum absolute atomic E-state index is 6.19. The van der Waals surface area contributed by atoms with Crippen LogP contribution in [0.5, 0.6) is 0 Å². The predicted molar refractivity (Wildman–Crippen MR) is 408 cm³/mol. The van der Waals surface area contributed by atoms with E-state index in [4.69, 9.17) is 38.8 Å². The van der Waals surface area contributed by atoms with Gasteiger partial charge in [-0.1, -0.05) is 76.9 Å². The van der Waals surface area contributed by atoms with Gasteiger partial charge in [0.25, 0.3) is 0 Å². The van der Waals surface area contributed by atoms with E-state index < -0.39 is 27.0 Å². The number of benzene rings is 7. The van der Waals surface area contributed by atoms with E-state index in [-0.39, 0.29) is 0 Å². The number of anilines is 4. The molecule has 0 amide bonds. The van der Waals surface area contributed by atoms with Crippen molar-refractivity contribution in [3.63, 3.8) is 0 Å². The molecule has 0 saturated carbocycles. The number of allylic oxidation sites excluding steroid dienone is 1. The summed E-state index contributed by atoms with van der Waals surface area (Å²) in [4.78, 5) is 21.1. The third kappa shape index (κ3) is 22.8. The molecule has 0 radical (unpaired) electrons. The van der Waals surface area contributed by atoms with Gasteiger partial charge in [-0.2, -0.15) is 13.3 Å². The Morgan fingerprint density at radius 3 is 0.979 bits per heavy atom. The minimum Gasteiger partial charge on any atom is -0.265 e. The third-order valence-electron chi connectivity index (χ3n) is 15.2. The average molecular weight is 1630 g/mol. The van der Waals surface area contributed by atoms with Crippen molar-refractivity contribution in [1.29, 1.82) is 0 Å². The van der Waals surface area contributed by atoms with Gasteiger partial charge >= 0.3 is 193 Å². The fourth-order valence-electron chi connectivity index (χ4n) is 12.0. The maximum Gasteiger partial charge on any atom is 0.0267 e. The van der Waals surface area contributed by atoms with Gasteiger partial charge in [0.15, 0.2) is 0 Å². The second kappa shape index (κ2) is 38.1. The van der Waals surface area contributed by atoms with Crippen LogP contribution in [-0.4, -0.2) is 49.8 Å². The Labute approximate surface area is 603 Å². The first-order chi connectivity index (χ1) is 45.1. The second-order valence-corrected chi connectivity index (χ2v) is 36.4. The molecule has 3 aromatic heterocycles. The number of rotatable bonds is 6. The summed E-state index contributed by atoms with van der Waals surface area (Å²) in [7, 11) is 23.7. The van der Waals surface area contributed by atoms with Gasteiger partial charge in [-0.3, -0.25) is 15.0 Å². The molecule has 3 aliphatic rings. The van der Waals surface area contributed by atoms with Crippen molar-refractivity contribution < 1.29 is 27.0 Å². The molecule has 0 atom stereocenters. The van der Waals surface area contributed by atoms with Crippen LogP contribution in [-0.2, 0) is 27.0 Å². The molecular formula is C79H83Br2Cl4N7Ru2-2. The van der Waals surface area contributed by atoms with Gasteiger partial charge in [-0.05, 0) is 196 Å². The van der Waals surface area contributed by atoms with Gasteiger partial charge in [0.2, 0.25) is 0 Å². The van der Waals surface area contributed by atoms with E-state index >= 15 is 0 Å². The smallest absolute Gasteiger partial charge is 0.0267 e. The molecule has 1 aliphatic carbocycles. The Hall–Kier alpha value is -5.96. The van der Waals surface area contributed by atoms with E-state index in [9.17, 15) is 0 Å². The van der Waals surface area contributed by atoms with E-state index in [2.05, 4.69) is 248 Å². The molecule has 7 aromatic carbocycles. The monoisotopic (exact) mass is 1630 g/mol. The van der Waals surface area contributed by atoms with Crippen LogP contribution < -0.4 is 19.6 Å². The molecule has 10 aromatic rings. The van der Waals surface area contributed by atoms with Crippen LogP contribution in [0.2, 0.25) is 0 Å². The zero-order valence-electron chi connectivity index (χ0n) is 55.5. The van der Waals surface area contributed by atoms with Gasteiger partial charge in [0.05, 0.1) is 0 Å².